The molecule has 0 spiro atoms. The molecule has 7 heteroatoms. The Labute approximate surface area is 133 Å². The summed E-state index contributed by atoms with van der Waals surface area (Å²) >= 11 is 0. The lowest BCUT2D eigenvalue weighted by molar-refractivity contribution is -0.114. The highest BCUT2D eigenvalue weighted by atomic mass is 32.2. The second kappa shape index (κ2) is 5.29. The van der Waals surface area contributed by atoms with Crippen LogP contribution < -0.4 is 10.0 Å². The number of anilines is 1. The van der Waals surface area contributed by atoms with Gasteiger partial charge in [-0.1, -0.05) is 29.8 Å². The standard InChI is InChI=1S/C16H14N2O4S/c1-10-2-4-11(5-3-10)9-18-14-7-6-12(23(17,21)22)8-13(14)15(19)16(18)20/h2-8H,9H2,1H3,(H2,17,21,22). The molecular formula is C16H14N2O4S. The maximum atomic E-state index is 12.2. The van der Waals surface area contributed by atoms with E-state index in [-0.39, 0.29) is 17.0 Å². The van der Waals surface area contributed by atoms with E-state index in [9.17, 15) is 18.0 Å². The Bertz CT molecular complexity index is 918. The van der Waals surface area contributed by atoms with Crippen molar-refractivity contribution in [2.75, 3.05) is 4.90 Å². The van der Waals surface area contributed by atoms with Crippen molar-refractivity contribution in [3.8, 4) is 0 Å². The molecule has 0 radical (unpaired) electrons. The Morgan fingerprint density at radius 1 is 1.04 bits per heavy atom. The first-order chi connectivity index (χ1) is 10.8. The van der Waals surface area contributed by atoms with E-state index in [0.717, 1.165) is 17.2 Å². The number of carbonyl (C=O) groups excluding carboxylic acids is 2. The van der Waals surface area contributed by atoms with E-state index in [1.54, 1.807) is 0 Å². The van der Waals surface area contributed by atoms with Crippen LogP contribution in [-0.4, -0.2) is 20.1 Å². The number of rotatable bonds is 3. The predicted molar refractivity (Wildman–Crippen MR) is 84.5 cm³/mol. The van der Waals surface area contributed by atoms with E-state index in [1.165, 1.54) is 17.0 Å². The molecule has 23 heavy (non-hydrogen) atoms. The number of aryl methyl sites for hydroxylation is 1. The average molecular weight is 330 g/mol. The lowest BCUT2D eigenvalue weighted by Gasteiger charge is -2.16. The number of amides is 1. The van der Waals surface area contributed by atoms with Gasteiger partial charge in [-0.05, 0) is 30.7 Å². The molecule has 1 heterocycles. The molecule has 0 bridgehead atoms. The van der Waals surface area contributed by atoms with E-state index in [0.29, 0.717) is 5.69 Å². The molecule has 0 atom stereocenters. The van der Waals surface area contributed by atoms with Gasteiger partial charge in [0.1, 0.15) is 0 Å². The zero-order chi connectivity index (χ0) is 16.8. The number of hydrogen-bond donors (Lipinski definition) is 1. The Kier molecular flexibility index (Phi) is 3.54. The number of benzene rings is 2. The summed E-state index contributed by atoms with van der Waals surface area (Å²) in [6.45, 7) is 2.20. The first kappa shape index (κ1) is 15.4. The molecule has 0 saturated carbocycles. The van der Waals surface area contributed by atoms with Gasteiger partial charge in [0.15, 0.2) is 0 Å². The van der Waals surface area contributed by atoms with E-state index >= 15 is 0 Å². The number of carbonyl (C=O) groups is 2. The van der Waals surface area contributed by atoms with E-state index < -0.39 is 21.7 Å². The van der Waals surface area contributed by atoms with Crippen molar-refractivity contribution in [1.29, 1.82) is 0 Å². The van der Waals surface area contributed by atoms with Crippen molar-refractivity contribution in [3.05, 3.63) is 59.2 Å². The molecule has 0 saturated heterocycles. The molecule has 3 rings (SSSR count). The van der Waals surface area contributed by atoms with Gasteiger partial charge in [0.05, 0.1) is 22.7 Å². The summed E-state index contributed by atoms with van der Waals surface area (Å²) in [5.41, 5.74) is 2.43. The van der Waals surface area contributed by atoms with Crippen molar-refractivity contribution >= 4 is 27.4 Å². The summed E-state index contributed by atoms with van der Waals surface area (Å²) in [6.07, 6.45) is 0. The zero-order valence-corrected chi connectivity index (χ0v) is 13.1. The Morgan fingerprint density at radius 2 is 1.70 bits per heavy atom. The Hall–Kier alpha value is -2.51. The number of primary sulfonamides is 1. The normalized spacial score (nSPS) is 14.3. The molecule has 0 aliphatic carbocycles. The molecule has 2 aromatic carbocycles. The fourth-order valence-electron chi connectivity index (χ4n) is 2.49. The second-order valence-corrected chi connectivity index (χ2v) is 6.99. The van der Waals surface area contributed by atoms with E-state index in [4.69, 9.17) is 5.14 Å². The van der Waals surface area contributed by atoms with Gasteiger partial charge >= 0.3 is 0 Å². The lowest BCUT2D eigenvalue weighted by Crippen LogP contribution is -2.29. The smallest absolute Gasteiger partial charge is 0.299 e. The molecule has 1 amide bonds. The van der Waals surface area contributed by atoms with Crippen LogP contribution in [0.4, 0.5) is 5.69 Å². The van der Waals surface area contributed by atoms with Crippen molar-refractivity contribution in [1.82, 2.24) is 0 Å². The number of sulfonamides is 1. The third-order valence-corrected chi connectivity index (χ3v) is 4.64. The number of ketones is 1. The highest BCUT2D eigenvalue weighted by Gasteiger charge is 2.36. The molecule has 2 aromatic rings. The van der Waals surface area contributed by atoms with Crippen LogP contribution in [0.25, 0.3) is 0 Å². The van der Waals surface area contributed by atoms with Crippen LogP contribution in [0.3, 0.4) is 0 Å². The highest BCUT2D eigenvalue weighted by molar-refractivity contribution is 7.89. The lowest BCUT2D eigenvalue weighted by atomic mass is 10.1. The molecule has 0 fully saturated rings. The quantitative estimate of drug-likeness (QED) is 0.860. The van der Waals surface area contributed by atoms with E-state index in [2.05, 4.69) is 0 Å². The first-order valence-electron chi connectivity index (χ1n) is 6.86. The average Bonchev–Trinajstić information content (AvgIpc) is 2.73. The minimum atomic E-state index is -3.93. The molecule has 6 nitrogen and oxygen atoms in total. The van der Waals surface area contributed by atoms with Gasteiger partial charge < -0.3 is 4.90 Å². The summed E-state index contributed by atoms with van der Waals surface area (Å²) in [4.78, 5) is 25.5. The van der Waals surface area contributed by atoms with Crippen molar-refractivity contribution < 1.29 is 18.0 Å². The van der Waals surface area contributed by atoms with Gasteiger partial charge in [-0.25, -0.2) is 13.6 Å². The third-order valence-electron chi connectivity index (χ3n) is 3.73. The zero-order valence-electron chi connectivity index (χ0n) is 12.3. The minimum absolute atomic E-state index is 0.0636. The van der Waals surface area contributed by atoms with Crippen LogP contribution in [0.5, 0.6) is 0 Å². The van der Waals surface area contributed by atoms with Crippen LogP contribution in [0, 0.1) is 6.92 Å². The number of Topliss-reactive ketones (excluding diaryl/α,β-unsaturated/α-hetero) is 1. The predicted octanol–water partition coefficient (Wildman–Crippen LogP) is 1.37. The van der Waals surface area contributed by atoms with Gasteiger partial charge in [0, 0.05) is 0 Å². The molecule has 2 N–H and O–H groups in total. The number of nitrogens with two attached hydrogens (primary N) is 1. The number of fused-ring (bicyclic) bond motifs is 1. The first-order valence-corrected chi connectivity index (χ1v) is 8.40. The van der Waals surface area contributed by atoms with Gasteiger partial charge in [-0.15, -0.1) is 0 Å². The molecule has 1 aliphatic rings. The van der Waals surface area contributed by atoms with Crippen LogP contribution in [0.15, 0.2) is 47.4 Å². The SMILES string of the molecule is Cc1ccc(CN2C(=O)C(=O)c3cc(S(N)(=O)=O)ccc32)cc1. The van der Waals surface area contributed by atoms with Crippen LogP contribution in [0.2, 0.25) is 0 Å². The Morgan fingerprint density at radius 3 is 2.30 bits per heavy atom. The maximum absolute atomic E-state index is 12.2. The van der Waals surface area contributed by atoms with Gasteiger partial charge in [-0.2, -0.15) is 0 Å². The Balaban J connectivity index is 2.01. The van der Waals surface area contributed by atoms with Crippen molar-refractivity contribution in [2.45, 2.75) is 18.4 Å². The summed E-state index contributed by atoms with van der Waals surface area (Å²) < 4.78 is 22.8. The monoisotopic (exact) mass is 330 g/mol. The summed E-state index contributed by atoms with van der Waals surface area (Å²) in [7, 11) is -3.93. The van der Waals surface area contributed by atoms with Gasteiger partial charge in [-0.3, -0.25) is 9.59 Å². The van der Waals surface area contributed by atoms with Crippen molar-refractivity contribution in [2.24, 2.45) is 5.14 Å². The fourth-order valence-corrected chi connectivity index (χ4v) is 3.03. The minimum Gasteiger partial charge on any atom is -0.300 e. The topological polar surface area (TPSA) is 97.5 Å². The van der Waals surface area contributed by atoms with Crippen LogP contribution >= 0.6 is 0 Å². The van der Waals surface area contributed by atoms with Gasteiger partial charge in [0.2, 0.25) is 10.0 Å². The second-order valence-electron chi connectivity index (χ2n) is 5.43. The van der Waals surface area contributed by atoms with Crippen LogP contribution in [0.1, 0.15) is 21.5 Å². The molecule has 0 aromatic heterocycles. The largest absolute Gasteiger partial charge is 0.300 e. The fraction of sp³-hybridized carbons (Fsp3) is 0.125. The van der Waals surface area contributed by atoms with E-state index in [1.807, 2.05) is 31.2 Å². The van der Waals surface area contributed by atoms with Gasteiger partial charge in [0.25, 0.3) is 11.7 Å². The molecule has 1 aliphatic heterocycles. The maximum Gasteiger partial charge on any atom is 0.299 e. The summed E-state index contributed by atoms with van der Waals surface area (Å²) in [5, 5.41) is 5.07. The molecule has 0 unspecified atom stereocenters. The summed E-state index contributed by atoms with van der Waals surface area (Å²) in [5.74, 6) is -1.40. The number of nitrogens with zero attached hydrogens (tertiary/aromatic N) is 1. The molecule has 118 valence electrons. The third kappa shape index (κ3) is 2.76. The number of hydrogen-bond acceptors (Lipinski definition) is 4. The molecular weight excluding hydrogens is 316 g/mol. The van der Waals surface area contributed by atoms with Crippen LogP contribution in [-0.2, 0) is 21.4 Å². The highest BCUT2D eigenvalue weighted by Crippen LogP contribution is 2.32. The summed E-state index contributed by atoms with van der Waals surface area (Å²) in [6, 6.07) is 11.5. The van der Waals surface area contributed by atoms with Crippen molar-refractivity contribution in [3.63, 3.8) is 0 Å².